The lowest BCUT2D eigenvalue weighted by Crippen LogP contribution is -2.13. The van der Waals surface area contributed by atoms with Crippen molar-refractivity contribution in [3.63, 3.8) is 0 Å². The summed E-state index contributed by atoms with van der Waals surface area (Å²) in [6.45, 7) is 3.67. The molecule has 15 heavy (non-hydrogen) atoms. The molecule has 0 aliphatic rings. The van der Waals surface area contributed by atoms with Crippen LogP contribution in [0.15, 0.2) is 18.3 Å². The maximum Gasteiger partial charge on any atom is 0.141 e. The fourth-order valence-corrected chi connectivity index (χ4v) is 0.988. The van der Waals surface area contributed by atoms with Gasteiger partial charge in [-0.1, -0.05) is 0 Å². The van der Waals surface area contributed by atoms with Gasteiger partial charge >= 0.3 is 0 Å². The van der Waals surface area contributed by atoms with Gasteiger partial charge in [-0.2, -0.15) is 0 Å². The van der Waals surface area contributed by atoms with Crippen LogP contribution in [-0.2, 0) is 4.74 Å². The molecule has 5 heteroatoms. The van der Waals surface area contributed by atoms with E-state index in [0.29, 0.717) is 31.3 Å². The van der Waals surface area contributed by atoms with E-state index in [0.717, 1.165) is 0 Å². The molecule has 3 N–H and O–H groups in total. The van der Waals surface area contributed by atoms with Gasteiger partial charge in [0.1, 0.15) is 23.9 Å². The van der Waals surface area contributed by atoms with Crippen LogP contribution in [-0.4, -0.2) is 30.6 Å². The summed E-state index contributed by atoms with van der Waals surface area (Å²) in [5.41, 5.74) is 5.71. The minimum atomic E-state index is -0.0455. The summed E-state index contributed by atoms with van der Waals surface area (Å²) in [6, 6.07) is 3.38. The second-order valence-electron chi connectivity index (χ2n) is 2.84. The summed E-state index contributed by atoms with van der Waals surface area (Å²) in [4.78, 5) is 3.96. The molecule has 0 bridgehead atoms. The van der Waals surface area contributed by atoms with Crippen LogP contribution in [0.25, 0.3) is 0 Å². The Kier molecular flexibility index (Phi) is 4.56. The third-order valence-corrected chi connectivity index (χ3v) is 1.71. The molecule has 0 aliphatic carbocycles. The van der Waals surface area contributed by atoms with Gasteiger partial charge in [0.15, 0.2) is 0 Å². The molecule has 1 aromatic heterocycles. The fraction of sp³-hybridized carbons (Fsp3) is 0.400. The maximum absolute atomic E-state index is 7.15. The molecular weight excluding hydrogens is 194 g/mol. The molecule has 5 nitrogen and oxygen atoms in total. The van der Waals surface area contributed by atoms with Crippen LogP contribution in [0, 0.1) is 5.41 Å². The van der Waals surface area contributed by atoms with E-state index in [2.05, 4.69) is 4.98 Å². The van der Waals surface area contributed by atoms with Gasteiger partial charge < -0.3 is 15.2 Å². The van der Waals surface area contributed by atoms with E-state index >= 15 is 0 Å². The lowest BCUT2D eigenvalue weighted by Gasteiger charge is -2.05. The monoisotopic (exact) mass is 209 g/mol. The van der Waals surface area contributed by atoms with Gasteiger partial charge in [0, 0.05) is 6.61 Å². The third kappa shape index (κ3) is 3.95. The average Bonchev–Trinajstić information content (AvgIpc) is 2.25. The number of nitrogens with one attached hydrogen (secondary N) is 1. The second kappa shape index (κ2) is 5.98. The van der Waals surface area contributed by atoms with Crippen LogP contribution in [0.5, 0.6) is 5.75 Å². The van der Waals surface area contributed by atoms with E-state index in [1.165, 1.54) is 0 Å². The Bertz CT molecular complexity index is 311. The van der Waals surface area contributed by atoms with Gasteiger partial charge in [-0.3, -0.25) is 5.41 Å². The molecule has 0 aromatic carbocycles. The Labute approximate surface area is 88.7 Å². The van der Waals surface area contributed by atoms with Crippen molar-refractivity contribution in [1.82, 2.24) is 4.98 Å². The first-order chi connectivity index (χ1) is 7.24. The number of amidine groups is 1. The summed E-state index contributed by atoms with van der Waals surface area (Å²) in [5.74, 6) is 0.607. The number of ether oxygens (including phenoxy) is 2. The average molecular weight is 209 g/mol. The van der Waals surface area contributed by atoms with E-state index in [9.17, 15) is 0 Å². The van der Waals surface area contributed by atoms with Crippen molar-refractivity contribution in [1.29, 1.82) is 5.41 Å². The highest BCUT2D eigenvalue weighted by Crippen LogP contribution is 2.08. The highest BCUT2D eigenvalue weighted by molar-refractivity contribution is 5.92. The molecule has 0 radical (unpaired) electrons. The Morgan fingerprint density at radius 3 is 2.80 bits per heavy atom. The number of nitrogens with two attached hydrogens (primary N) is 1. The Morgan fingerprint density at radius 1 is 1.47 bits per heavy atom. The number of rotatable bonds is 6. The zero-order chi connectivity index (χ0) is 11.1. The number of hydrogen-bond acceptors (Lipinski definition) is 4. The first kappa shape index (κ1) is 11.5. The molecule has 0 saturated heterocycles. The summed E-state index contributed by atoms with van der Waals surface area (Å²) in [5, 5.41) is 7.15. The largest absolute Gasteiger partial charge is 0.490 e. The lowest BCUT2D eigenvalue weighted by atomic mass is 10.3. The van der Waals surface area contributed by atoms with Gasteiger partial charge in [-0.25, -0.2) is 4.98 Å². The molecule has 0 spiro atoms. The fourth-order valence-electron chi connectivity index (χ4n) is 0.988. The van der Waals surface area contributed by atoms with E-state index < -0.39 is 0 Å². The zero-order valence-electron chi connectivity index (χ0n) is 8.69. The molecule has 0 saturated carbocycles. The number of pyridine rings is 1. The molecule has 0 amide bonds. The smallest absolute Gasteiger partial charge is 0.141 e. The van der Waals surface area contributed by atoms with Crippen LogP contribution < -0.4 is 10.5 Å². The van der Waals surface area contributed by atoms with Crippen LogP contribution in [0.3, 0.4) is 0 Å². The highest BCUT2D eigenvalue weighted by atomic mass is 16.5. The zero-order valence-corrected chi connectivity index (χ0v) is 8.69. The summed E-state index contributed by atoms with van der Waals surface area (Å²) in [7, 11) is 0. The third-order valence-electron chi connectivity index (χ3n) is 1.71. The minimum absolute atomic E-state index is 0.0455. The van der Waals surface area contributed by atoms with Gasteiger partial charge in [-0.15, -0.1) is 0 Å². The van der Waals surface area contributed by atoms with Crippen molar-refractivity contribution in [2.75, 3.05) is 19.8 Å². The lowest BCUT2D eigenvalue weighted by molar-refractivity contribution is 0.110. The minimum Gasteiger partial charge on any atom is -0.490 e. The van der Waals surface area contributed by atoms with Crippen LogP contribution in [0.2, 0.25) is 0 Å². The quantitative estimate of drug-likeness (QED) is 0.412. The summed E-state index contributed by atoms with van der Waals surface area (Å²) < 4.78 is 10.5. The molecular formula is C10H15N3O2. The standard InChI is InChI=1S/C10H15N3O2/c1-2-14-5-6-15-8-3-4-9(10(11)12)13-7-8/h3-4,7H,2,5-6H2,1H3,(H3,11,12). The molecule has 1 rings (SSSR count). The van der Waals surface area contributed by atoms with Gasteiger partial charge in [0.25, 0.3) is 0 Å². The van der Waals surface area contributed by atoms with Crippen molar-refractivity contribution in [2.45, 2.75) is 6.92 Å². The van der Waals surface area contributed by atoms with Crippen molar-refractivity contribution < 1.29 is 9.47 Å². The van der Waals surface area contributed by atoms with Crippen molar-refractivity contribution >= 4 is 5.84 Å². The van der Waals surface area contributed by atoms with E-state index in [-0.39, 0.29) is 5.84 Å². The first-order valence-electron chi connectivity index (χ1n) is 4.75. The van der Waals surface area contributed by atoms with Crippen molar-refractivity contribution in [2.24, 2.45) is 5.73 Å². The molecule has 0 aliphatic heterocycles. The van der Waals surface area contributed by atoms with Gasteiger partial charge in [-0.05, 0) is 19.1 Å². The molecule has 0 unspecified atom stereocenters. The van der Waals surface area contributed by atoms with E-state index in [1.54, 1.807) is 18.3 Å². The van der Waals surface area contributed by atoms with Crippen molar-refractivity contribution in [3.05, 3.63) is 24.0 Å². The van der Waals surface area contributed by atoms with E-state index in [1.807, 2.05) is 6.92 Å². The topological polar surface area (TPSA) is 81.2 Å². The summed E-state index contributed by atoms with van der Waals surface area (Å²) >= 11 is 0. The second-order valence-corrected chi connectivity index (χ2v) is 2.84. The van der Waals surface area contributed by atoms with Crippen molar-refractivity contribution in [3.8, 4) is 5.75 Å². The summed E-state index contributed by atoms with van der Waals surface area (Å²) in [6.07, 6.45) is 1.54. The number of nitrogen functional groups attached to an aromatic ring is 1. The molecule has 0 fully saturated rings. The maximum atomic E-state index is 7.15. The van der Waals surface area contributed by atoms with Gasteiger partial charge in [0.2, 0.25) is 0 Å². The SMILES string of the molecule is CCOCCOc1ccc(C(=N)N)nc1. The number of nitrogens with zero attached hydrogens (tertiary/aromatic N) is 1. The predicted octanol–water partition coefficient (Wildman–Crippen LogP) is 0.781. The van der Waals surface area contributed by atoms with Gasteiger partial charge in [0.05, 0.1) is 12.8 Å². The van der Waals surface area contributed by atoms with E-state index in [4.69, 9.17) is 20.6 Å². The van der Waals surface area contributed by atoms with Crippen LogP contribution in [0.1, 0.15) is 12.6 Å². The Hall–Kier alpha value is -1.62. The molecule has 1 heterocycles. The predicted molar refractivity (Wildman–Crippen MR) is 57.2 cm³/mol. The molecule has 0 atom stereocenters. The highest BCUT2D eigenvalue weighted by Gasteiger charge is 1.98. The number of hydrogen-bond donors (Lipinski definition) is 2. The Balaban J connectivity index is 2.39. The Morgan fingerprint density at radius 2 is 2.27 bits per heavy atom. The number of aromatic nitrogens is 1. The van der Waals surface area contributed by atoms with Crippen LogP contribution in [0.4, 0.5) is 0 Å². The normalized spacial score (nSPS) is 9.93. The molecule has 1 aromatic rings. The molecule has 82 valence electrons. The first-order valence-corrected chi connectivity index (χ1v) is 4.75. The van der Waals surface area contributed by atoms with Crippen LogP contribution >= 0.6 is 0 Å².